The molecule has 0 fully saturated rings. The second kappa shape index (κ2) is 10.2. The normalized spacial score (nSPS) is 10.7. The number of benzene rings is 2. The molecule has 2 aromatic carbocycles. The van der Waals surface area contributed by atoms with Gasteiger partial charge in [0.15, 0.2) is 11.5 Å². The molecule has 0 aliphatic rings. The Labute approximate surface area is 160 Å². The van der Waals surface area contributed by atoms with Crippen LogP contribution < -0.4 is 10.2 Å². The number of nitrogens with zero attached hydrogens (tertiary/aromatic N) is 2. The van der Waals surface area contributed by atoms with Gasteiger partial charge in [0.05, 0.1) is 23.5 Å². The Kier molecular flexibility index (Phi) is 7.63. The van der Waals surface area contributed by atoms with Gasteiger partial charge in [-0.3, -0.25) is 14.9 Å². The second-order valence-corrected chi connectivity index (χ2v) is 6.36. The van der Waals surface area contributed by atoms with Gasteiger partial charge in [0.2, 0.25) is 5.91 Å². The van der Waals surface area contributed by atoms with Gasteiger partial charge in [-0.1, -0.05) is 12.1 Å². The van der Waals surface area contributed by atoms with Crippen molar-refractivity contribution in [1.82, 2.24) is 5.43 Å². The molecule has 0 aliphatic carbocycles. The summed E-state index contributed by atoms with van der Waals surface area (Å²) in [4.78, 5) is 21.9. The highest BCUT2D eigenvalue weighted by atomic mass is 32.2. The number of hydrogen-bond donors (Lipinski definition) is 2. The predicted molar refractivity (Wildman–Crippen MR) is 104 cm³/mol. The largest absolute Gasteiger partial charge is 0.504 e. The molecule has 2 rings (SSSR count). The minimum absolute atomic E-state index is 0.0394. The number of rotatable bonds is 9. The maximum Gasteiger partial charge on any atom is 0.269 e. The lowest BCUT2D eigenvalue weighted by molar-refractivity contribution is -0.384. The Morgan fingerprint density at radius 2 is 2.07 bits per heavy atom. The molecule has 0 aliphatic heterocycles. The van der Waals surface area contributed by atoms with Crippen LogP contribution in [-0.2, 0) is 10.5 Å². The average Bonchev–Trinajstić information content (AvgIpc) is 2.65. The minimum atomic E-state index is -0.451. The van der Waals surface area contributed by atoms with Gasteiger partial charge in [-0.15, -0.1) is 11.8 Å². The van der Waals surface area contributed by atoms with E-state index < -0.39 is 4.92 Å². The Morgan fingerprint density at radius 1 is 1.33 bits per heavy atom. The number of carbonyl (C=O) groups is 1. The minimum Gasteiger partial charge on any atom is -0.504 e. The molecule has 27 heavy (non-hydrogen) atoms. The number of thioether (sulfide) groups is 1. The van der Waals surface area contributed by atoms with E-state index in [9.17, 15) is 20.0 Å². The number of hydrogen-bond acceptors (Lipinski definition) is 7. The molecule has 1 amide bonds. The zero-order valence-corrected chi connectivity index (χ0v) is 15.4. The Morgan fingerprint density at radius 3 is 2.74 bits per heavy atom. The summed E-state index contributed by atoms with van der Waals surface area (Å²) in [5.74, 6) is 0.896. The summed E-state index contributed by atoms with van der Waals surface area (Å²) < 4.78 is 5.28. The molecule has 0 heterocycles. The van der Waals surface area contributed by atoms with Gasteiger partial charge in [-0.25, -0.2) is 5.43 Å². The smallest absolute Gasteiger partial charge is 0.269 e. The molecule has 9 heteroatoms. The van der Waals surface area contributed by atoms with Crippen LogP contribution >= 0.6 is 11.8 Å². The van der Waals surface area contributed by atoms with Gasteiger partial charge in [-0.05, 0) is 36.2 Å². The molecule has 0 spiro atoms. The molecule has 2 N–H and O–H groups in total. The molecular formula is C18H19N3O5S. The van der Waals surface area contributed by atoms with Crippen molar-refractivity contribution in [2.75, 3.05) is 12.4 Å². The van der Waals surface area contributed by atoms with E-state index in [1.807, 2.05) is 6.92 Å². The zero-order valence-electron chi connectivity index (χ0n) is 14.6. The Bertz CT molecular complexity index is 824. The lowest BCUT2D eigenvalue weighted by Gasteiger charge is -2.06. The SMILES string of the molecule is CCOc1cc(C=NNC(=O)CSCc2ccc([N+](=O)[O-])cc2)ccc1O. The number of phenolic OH excluding ortho intramolecular Hbond substituents is 1. The van der Waals surface area contributed by atoms with Gasteiger partial charge in [-0.2, -0.15) is 5.10 Å². The fourth-order valence-electron chi connectivity index (χ4n) is 2.07. The Hall–Kier alpha value is -3.07. The molecule has 8 nitrogen and oxygen atoms in total. The lowest BCUT2D eigenvalue weighted by Crippen LogP contribution is -2.19. The zero-order chi connectivity index (χ0) is 19.6. The van der Waals surface area contributed by atoms with Gasteiger partial charge in [0.1, 0.15) is 0 Å². The molecular weight excluding hydrogens is 370 g/mol. The van der Waals surface area contributed by atoms with E-state index in [2.05, 4.69) is 10.5 Å². The fourth-order valence-corrected chi connectivity index (χ4v) is 2.85. The third-order valence-electron chi connectivity index (χ3n) is 3.34. The first-order valence-corrected chi connectivity index (χ1v) is 9.24. The molecule has 0 radical (unpaired) electrons. The van der Waals surface area contributed by atoms with Gasteiger partial charge in [0.25, 0.3) is 5.69 Å². The summed E-state index contributed by atoms with van der Waals surface area (Å²) in [5.41, 5.74) is 4.04. The highest BCUT2D eigenvalue weighted by Crippen LogP contribution is 2.26. The van der Waals surface area contributed by atoms with Crippen molar-refractivity contribution in [2.45, 2.75) is 12.7 Å². The van der Waals surface area contributed by atoms with Crippen molar-refractivity contribution in [3.63, 3.8) is 0 Å². The quantitative estimate of drug-likeness (QED) is 0.387. The molecule has 0 unspecified atom stereocenters. The average molecular weight is 389 g/mol. The number of aromatic hydroxyl groups is 1. The third kappa shape index (κ3) is 6.63. The summed E-state index contributed by atoms with van der Waals surface area (Å²) >= 11 is 1.38. The fraction of sp³-hybridized carbons (Fsp3) is 0.222. The van der Waals surface area contributed by atoms with Crippen molar-refractivity contribution in [2.24, 2.45) is 5.10 Å². The van der Waals surface area contributed by atoms with Gasteiger partial charge >= 0.3 is 0 Å². The number of non-ortho nitro benzene ring substituents is 1. The van der Waals surface area contributed by atoms with Gasteiger partial charge in [0, 0.05) is 17.9 Å². The first kappa shape index (κ1) is 20.2. The van der Waals surface area contributed by atoms with E-state index in [1.54, 1.807) is 24.3 Å². The van der Waals surface area contributed by atoms with E-state index in [-0.39, 0.29) is 23.1 Å². The topological polar surface area (TPSA) is 114 Å². The van der Waals surface area contributed by atoms with Crippen LogP contribution in [0.4, 0.5) is 5.69 Å². The molecule has 0 saturated carbocycles. The standard InChI is InChI=1S/C18H19N3O5S/c1-2-26-17-9-14(5-8-16(17)22)10-19-20-18(23)12-27-11-13-3-6-15(7-4-13)21(24)25/h3-10,22H,2,11-12H2,1H3,(H,20,23). The van der Waals surface area contributed by atoms with Crippen molar-refractivity contribution >= 4 is 29.6 Å². The third-order valence-corrected chi connectivity index (χ3v) is 4.34. The first-order chi connectivity index (χ1) is 13.0. The monoisotopic (exact) mass is 389 g/mol. The number of hydrazone groups is 1. The van der Waals surface area contributed by atoms with Crippen LogP contribution in [0.25, 0.3) is 0 Å². The summed E-state index contributed by atoms with van der Waals surface area (Å²) in [7, 11) is 0. The molecule has 142 valence electrons. The van der Waals surface area contributed by atoms with Crippen LogP contribution in [0.15, 0.2) is 47.6 Å². The maximum absolute atomic E-state index is 11.8. The second-order valence-electron chi connectivity index (χ2n) is 5.37. The van der Waals surface area contributed by atoms with Gasteiger partial charge < -0.3 is 9.84 Å². The number of nitrogens with one attached hydrogen (secondary N) is 1. The lowest BCUT2D eigenvalue weighted by atomic mass is 10.2. The van der Waals surface area contributed by atoms with Crippen LogP contribution in [0, 0.1) is 10.1 Å². The first-order valence-electron chi connectivity index (χ1n) is 8.08. The number of carbonyl (C=O) groups excluding carboxylic acids is 1. The van der Waals surface area contributed by atoms with Crippen molar-refractivity contribution in [3.05, 3.63) is 63.7 Å². The maximum atomic E-state index is 11.8. The summed E-state index contributed by atoms with van der Waals surface area (Å²) in [5, 5.41) is 24.1. The highest BCUT2D eigenvalue weighted by molar-refractivity contribution is 7.99. The molecule has 0 atom stereocenters. The Balaban J connectivity index is 1.76. The summed E-state index contributed by atoms with van der Waals surface area (Å²) in [6.07, 6.45) is 1.46. The number of nitro benzene ring substituents is 1. The number of phenols is 1. The number of nitro groups is 1. The summed E-state index contributed by atoms with van der Waals surface area (Å²) in [6.45, 7) is 2.24. The summed E-state index contributed by atoms with van der Waals surface area (Å²) in [6, 6.07) is 11.0. The number of amides is 1. The van der Waals surface area contributed by atoms with Crippen LogP contribution in [-0.4, -0.2) is 34.5 Å². The molecule has 0 saturated heterocycles. The van der Waals surface area contributed by atoms with Crippen LogP contribution in [0.2, 0.25) is 0 Å². The highest BCUT2D eigenvalue weighted by Gasteiger charge is 2.05. The van der Waals surface area contributed by atoms with Crippen molar-refractivity contribution in [3.8, 4) is 11.5 Å². The van der Waals surface area contributed by atoms with Crippen LogP contribution in [0.5, 0.6) is 11.5 Å². The van der Waals surface area contributed by atoms with Crippen molar-refractivity contribution in [1.29, 1.82) is 0 Å². The van der Waals surface area contributed by atoms with E-state index in [0.29, 0.717) is 23.7 Å². The number of ether oxygens (including phenoxy) is 1. The van der Waals surface area contributed by atoms with Crippen LogP contribution in [0.1, 0.15) is 18.1 Å². The molecule has 0 bridgehead atoms. The van der Waals surface area contributed by atoms with E-state index in [1.165, 1.54) is 36.2 Å². The van der Waals surface area contributed by atoms with E-state index >= 15 is 0 Å². The van der Waals surface area contributed by atoms with E-state index in [4.69, 9.17) is 4.74 Å². The predicted octanol–water partition coefficient (Wildman–Crippen LogP) is 3.08. The molecule has 2 aromatic rings. The van der Waals surface area contributed by atoms with E-state index in [0.717, 1.165) is 5.56 Å². The van der Waals surface area contributed by atoms with Crippen molar-refractivity contribution < 1.29 is 19.6 Å². The van der Waals surface area contributed by atoms with Crippen LogP contribution in [0.3, 0.4) is 0 Å². The molecule has 0 aromatic heterocycles.